The van der Waals surface area contributed by atoms with Gasteiger partial charge in [-0.15, -0.1) is 0 Å². The van der Waals surface area contributed by atoms with Crippen LogP contribution in [0, 0.1) is 0 Å². The summed E-state index contributed by atoms with van der Waals surface area (Å²) in [6, 6.07) is 8.50. The summed E-state index contributed by atoms with van der Waals surface area (Å²) in [5, 5.41) is 0. The molecule has 2 N–H and O–H groups in total. The highest BCUT2D eigenvalue weighted by Crippen LogP contribution is 2.12. The number of rotatable bonds is 6. The van der Waals surface area contributed by atoms with Crippen LogP contribution >= 0.6 is 15.9 Å². The highest BCUT2D eigenvalue weighted by atomic mass is 79.9. The lowest BCUT2D eigenvalue weighted by Gasteiger charge is -2.23. The third kappa shape index (κ3) is 6.81. The summed E-state index contributed by atoms with van der Waals surface area (Å²) >= 11 is 3.50. The van der Waals surface area contributed by atoms with Crippen LogP contribution < -0.4 is 5.73 Å². The van der Waals surface area contributed by atoms with Crippen LogP contribution in [0.5, 0.6) is 0 Å². The maximum Gasteiger partial charge on any atom is 0.0178 e. The Kier molecular flexibility index (Phi) is 5.63. The molecule has 1 rings (SSSR count). The van der Waals surface area contributed by atoms with Gasteiger partial charge < -0.3 is 10.6 Å². The number of likely N-dealkylation sites (N-methyl/N-ethyl adjacent to an activating group) is 1. The van der Waals surface area contributed by atoms with E-state index in [1.54, 1.807) is 0 Å². The Hall–Kier alpha value is -0.380. The second kappa shape index (κ2) is 6.53. The number of hydrogen-bond donors (Lipinski definition) is 1. The van der Waals surface area contributed by atoms with Crippen molar-refractivity contribution in [3.8, 4) is 0 Å². The van der Waals surface area contributed by atoms with E-state index in [1.165, 1.54) is 5.56 Å². The number of nitrogens with two attached hydrogens (primary N) is 1. The molecule has 17 heavy (non-hydrogen) atoms. The molecule has 0 amide bonds. The minimum absolute atomic E-state index is 0.0654. The Balaban J connectivity index is 2.31. The van der Waals surface area contributed by atoms with Crippen LogP contribution in [-0.4, -0.2) is 30.6 Å². The van der Waals surface area contributed by atoms with E-state index in [-0.39, 0.29) is 5.54 Å². The monoisotopic (exact) mass is 298 g/mol. The Bertz CT molecular complexity index is 344. The van der Waals surface area contributed by atoms with E-state index >= 15 is 0 Å². The zero-order valence-electron chi connectivity index (χ0n) is 11.0. The first-order valence-electron chi connectivity index (χ1n) is 6.09. The van der Waals surface area contributed by atoms with E-state index in [2.05, 4.69) is 66.0 Å². The summed E-state index contributed by atoms with van der Waals surface area (Å²) < 4.78 is 1.15. The van der Waals surface area contributed by atoms with Crippen molar-refractivity contribution in [2.24, 2.45) is 5.73 Å². The lowest BCUT2D eigenvalue weighted by molar-refractivity contribution is 0.298. The van der Waals surface area contributed by atoms with Crippen LogP contribution in [0.3, 0.4) is 0 Å². The lowest BCUT2D eigenvalue weighted by atomic mass is 10.0. The summed E-state index contributed by atoms with van der Waals surface area (Å²) in [6.07, 6.45) is 2.11. The molecule has 0 heterocycles. The van der Waals surface area contributed by atoms with Crippen molar-refractivity contribution in [1.29, 1.82) is 0 Å². The summed E-state index contributed by atoms with van der Waals surface area (Å²) in [4.78, 5) is 2.34. The summed E-state index contributed by atoms with van der Waals surface area (Å²) in [7, 11) is 2.16. The molecule has 1 aromatic rings. The van der Waals surface area contributed by atoms with Gasteiger partial charge in [-0.3, -0.25) is 0 Å². The van der Waals surface area contributed by atoms with Crippen molar-refractivity contribution in [2.75, 3.05) is 20.1 Å². The van der Waals surface area contributed by atoms with Gasteiger partial charge in [-0.05, 0) is 58.0 Å². The maximum atomic E-state index is 5.98. The largest absolute Gasteiger partial charge is 0.326 e. The van der Waals surface area contributed by atoms with E-state index in [4.69, 9.17) is 5.73 Å². The molecular formula is C14H23BrN2. The Morgan fingerprint density at radius 3 is 2.59 bits per heavy atom. The first kappa shape index (κ1) is 14.7. The molecule has 0 unspecified atom stereocenters. The van der Waals surface area contributed by atoms with Crippen molar-refractivity contribution in [2.45, 2.75) is 32.2 Å². The molecule has 0 aliphatic carbocycles. The molecule has 0 aliphatic heterocycles. The van der Waals surface area contributed by atoms with Gasteiger partial charge in [0.2, 0.25) is 0 Å². The van der Waals surface area contributed by atoms with Gasteiger partial charge in [0.25, 0.3) is 0 Å². The zero-order chi connectivity index (χ0) is 12.9. The van der Waals surface area contributed by atoms with E-state index < -0.39 is 0 Å². The fraction of sp³-hybridized carbons (Fsp3) is 0.571. The van der Waals surface area contributed by atoms with Crippen molar-refractivity contribution >= 4 is 15.9 Å². The summed E-state index contributed by atoms with van der Waals surface area (Å²) in [5.41, 5.74) is 7.29. The average molecular weight is 299 g/mol. The predicted octanol–water partition coefficient (Wildman–Crippen LogP) is 3.05. The first-order valence-corrected chi connectivity index (χ1v) is 6.88. The molecule has 0 saturated heterocycles. The number of halogens is 1. The van der Waals surface area contributed by atoms with Gasteiger partial charge in [-0.2, -0.15) is 0 Å². The third-order valence-corrected chi connectivity index (χ3v) is 3.30. The molecule has 96 valence electrons. The molecule has 0 radical (unpaired) electrons. The molecule has 0 saturated carbocycles. The van der Waals surface area contributed by atoms with Gasteiger partial charge in [-0.1, -0.05) is 28.1 Å². The van der Waals surface area contributed by atoms with Crippen LogP contribution in [0.15, 0.2) is 28.7 Å². The van der Waals surface area contributed by atoms with E-state index in [9.17, 15) is 0 Å². The van der Waals surface area contributed by atoms with E-state index in [0.717, 1.165) is 30.4 Å². The van der Waals surface area contributed by atoms with Crippen LogP contribution in [0.1, 0.15) is 25.8 Å². The molecule has 0 fully saturated rings. The van der Waals surface area contributed by atoms with Gasteiger partial charge in [0.1, 0.15) is 0 Å². The number of hydrogen-bond acceptors (Lipinski definition) is 2. The molecule has 0 spiro atoms. The fourth-order valence-electron chi connectivity index (χ4n) is 1.60. The Morgan fingerprint density at radius 1 is 1.29 bits per heavy atom. The SMILES string of the molecule is CN(CCc1cccc(Br)c1)CCC(C)(C)N. The topological polar surface area (TPSA) is 29.3 Å². The quantitative estimate of drug-likeness (QED) is 0.875. The molecule has 0 aromatic heterocycles. The van der Waals surface area contributed by atoms with Gasteiger partial charge in [0, 0.05) is 16.6 Å². The van der Waals surface area contributed by atoms with Gasteiger partial charge in [0.15, 0.2) is 0 Å². The lowest BCUT2D eigenvalue weighted by Crippen LogP contribution is -2.36. The highest BCUT2D eigenvalue weighted by Gasteiger charge is 2.11. The standard InChI is InChI=1S/C14H23BrN2/c1-14(2,16)8-10-17(3)9-7-12-5-4-6-13(15)11-12/h4-6,11H,7-10,16H2,1-3H3. The third-order valence-electron chi connectivity index (χ3n) is 2.81. The maximum absolute atomic E-state index is 5.98. The summed E-state index contributed by atoms with van der Waals surface area (Å²) in [5.74, 6) is 0. The molecule has 0 bridgehead atoms. The van der Waals surface area contributed by atoms with Gasteiger partial charge in [0.05, 0.1) is 0 Å². The molecule has 2 nitrogen and oxygen atoms in total. The van der Waals surface area contributed by atoms with Crippen LogP contribution in [0.2, 0.25) is 0 Å². The normalized spacial score (nSPS) is 12.1. The smallest absolute Gasteiger partial charge is 0.0178 e. The number of nitrogens with zero attached hydrogens (tertiary/aromatic N) is 1. The van der Waals surface area contributed by atoms with E-state index in [1.807, 2.05) is 0 Å². The van der Waals surface area contributed by atoms with Gasteiger partial charge in [-0.25, -0.2) is 0 Å². The molecule has 0 aliphatic rings. The van der Waals surface area contributed by atoms with Gasteiger partial charge >= 0.3 is 0 Å². The van der Waals surface area contributed by atoms with Crippen molar-refractivity contribution in [3.05, 3.63) is 34.3 Å². The van der Waals surface area contributed by atoms with Crippen LogP contribution in [0.25, 0.3) is 0 Å². The van der Waals surface area contributed by atoms with Crippen molar-refractivity contribution in [3.63, 3.8) is 0 Å². The second-order valence-electron chi connectivity index (χ2n) is 5.42. The van der Waals surface area contributed by atoms with Crippen molar-refractivity contribution in [1.82, 2.24) is 4.90 Å². The predicted molar refractivity (Wildman–Crippen MR) is 78.2 cm³/mol. The second-order valence-corrected chi connectivity index (χ2v) is 6.34. The summed E-state index contributed by atoms with van der Waals surface area (Å²) in [6.45, 7) is 6.29. The van der Waals surface area contributed by atoms with Crippen LogP contribution in [-0.2, 0) is 6.42 Å². The zero-order valence-corrected chi connectivity index (χ0v) is 12.6. The molecule has 1 aromatic carbocycles. The molecular weight excluding hydrogens is 276 g/mol. The van der Waals surface area contributed by atoms with Crippen LogP contribution in [0.4, 0.5) is 0 Å². The molecule has 0 atom stereocenters. The average Bonchev–Trinajstić information content (AvgIpc) is 2.23. The van der Waals surface area contributed by atoms with Crippen molar-refractivity contribution < 1.29 is 0 Å². The Labute approximate surface area is 113 Å². The minimum atomic E-state index is -0.0654. The molecule has 3 heteroatoms. The first-order chi connectivity index (χ1) is 7.87. The minimum Gasteiger partial charge on any atom is -0.326 e. The Morgan fingerprint density at radius 2 is 2.00 bits per heavy atom. The fourth-order valence-corrected chi connectivity index (χ4v) is 2.05. The van der Waals surface area contributed by atoms with E-state index in [0.29, 0.717) is 0 Å². The number of benzene rings is 1. The highest BCUT2D eigenvalue weighted by molar-refractivity contribution is 9.10.